The van der Waals surface area contributed by atoms with E-state index in [-0.39, 0.29) is 34.6 Å². The van der Waals surface area contributed by atoms with E-state index in [4.69, 9.17) is 9.47 Å². The summed E-state index contributed by atoms with van der Waals surface area (Å²) in [7, 11) is 1.42. The summed E-state index contributed by atoms with van der Waals surface area (Å²) >= 11 is 0. The van der Waals surface area contributed by atoms with Crippen LogP contribution in [0.2, 0.25) is 0 Å². The van der Waals surface area contributed by atoms with E-state index < -0.39 is 17.9 Å². The molecule has 4 fully saturated rings. The van der Waals surface area contributed by atoms with Crippen LogP contribution in [0.3, 0.4) is 0 Å². The van der Waals surface area contributed by atoms with Crippen molar-refractivity contribution in [2.45, 2.75) is 70.9 Å². The topological polar surface area (TPSA) is 107 Å². The normalized spacial score (nSPS) is 28.8. The quantitative estimate of drug-likeness (QED) is 0.628. The molecule has 4 aliphatic rings. The predicted molar refractivity (Wildman–Crippen MR) is 117 cm³/mol. The second-order valence-corrected chi connectivity index (χ2v) is 10.1. The molecule has 0 spiro atoms. The van der Waals surface area contributed by atoms with Gasteiger partial charge in [-0.25, -0.2) is 4.98 Å². The highest BCUT2D eigenvalue weighted by Gasteiger charge is 2.51. The SMILES string of the molecule is COc1ccnc(C(=O)N[C@@H](C)C(=O)NC23CC4CC(CC(C4)C2)C3)c1OC(=O)C(C)C. The molecule has 0 unspecified atom stereocenters. The molecule has 8 nitrogen and oxygen atoms in total. The van der Waals surface area contributed by atoms with Crippen LogP contribution >= 0.6 is 0 Å². The van der Waals surface area contributed by atoms with Crippen LogP contribution in [0, 0.1) is 23.7 Å². The van der Waals surface area contributed by atoms with Gasteiger partial charge in [0, 0.05) is 17.8 Å². The molecule has 4 saturated carbocycles. The summed E-state index contributed by atoms with van der Waals surface area (Å²) in [6.45, 7) is 5.05. The lowest BCUT2D eigenvalue weighted by Crippen LogP contribution is -2.62. The van der Waals surface area contributed by atoms with Gasteiger partial charge in [-0.05, 0) is 63.2 Å². The molecule has 4 aliphatic carbocycles. The standard InChI is InChI=1S/C24H33N3O5/c1-13(2)23(30)32-20-18(31-4)5-6-25-19(20)22(29)26-14(3)21(28)27-24-10-15-7-16(11-24)9-17(8-15)12-24/h5-6,13-17H,7-12H2,1-4H3,(H,26,29)(H,27,28)/t14-,15?,16?,17?,24?/m0/s1. The van der Waals surface area contributed by atoms with E-state index >= 15 is 0 Å². The summed E-state index contributed by atoms with van der Waals surface area (Å²) in [6, 6.07) is 0.764. The molecule has 8 heteroatoms. The van der Waals surface area contributed by atoms with Crippen molar-refractivity contribution in [2.75, 3.05) is 7.11 Å². The van der Waals surface area contributed by atoms with Crippen LogP contribution in [-0.4, -0.2) is 41.5 Å². The van der Waals surface area contributed by atoms with E-state index in [2.05, 4.69) is 15.6 Å². The van der Waals surface area contributed by atoms with Gasteiger partial charge >= 0.3 is 5.97 Å². The van der Waals surface area contributed by atoms with E-state index in [0.29, 0.717) is 17.8 Å². The number of amides is 2. The number of aromatic nitrogens is 1. The van der Waals surface area contributed by atoms with Gasteiger partial charge in [-0.1, -0.05) is 13.8 Å². The number of ether oxygens (including phenoxy) is 2. The van der Waals surface area contributed by atoms with Crippen LogP contribution in [0.4, 0.5) is 0 Å². The minimum Gasteiger partial charge on any atom is -0.493 e. The molecule has 0 saturated heterocycles. The van der Waals surface area contributed by atoms with Crippen molar-refractivity contribution in [1.82, 2.24) is 15.6 Å². The molecule has 5 rings (SSSR count). The van der Waals surface area contributed by atoms with Gasteiger partial charge in [0.15, 0.2) is 11.4 Å². The molecule has 32 heavy (non-hydrogen) atoms. The molecule has 0 aromatic carbocycles. The van der Waals surface area contributed by atoms with E-state index in [1.165, 1.54) is 38.6 Å². The molecule has 4 bridgehead atoms. The lowest BCUT2D eigenvalue weighted by molar-refractivity contribution is -0.138. The van der Waals surface area contributed by atoms with Crippen LogP contribution in [0.5, 0.6) is 11.5 Å². The van der Waals surface area contributed by atoms with Crippen molar-refractivity contribution < 1.29 is 23.9 Å². The third kappa shape index (κ3) is 4.45. The number of hydrogen-bond acceptors (Lipinski definition) is 6. The minimum absolute atomic E-state index is 0.0418. The molecule has 0 radical (unpaired) electrons. The Morgan fingerprint density at radius 3 is 2.19 bits per heavy atom. The van der Waals surface area contributed by atoms with E-state index in [9.17, 15) is 14.4 Å². The van der Waals surface area contributed by atoms with Crippen LogP contribution in [-0.2, 0) is 9.59 Å². The van der Waals surface area contributed by atoms with Gasteiger partial charge in [-0.3, -0.25) is 14.4 Å². The Hall–Kier alpha value is -2.64. The zero-order chi connectivity index (χ0) is 23.0. The number of pyridine rings is 1. The first-order valence-corrected chi connectivity index (χ1v) is 11.6. The molecular weight excluding hydrogens is 410 g/mol. The highest BCUT2D eigenvalue weighted by Crippen LogP contribution is 2.55. The smallest absolute Gasteiger partial charge is 0.313 e. The average Bonchev–Trinajstić information content (AvgIpc) is 2.72. The van der Waals surface area contributed by atoms with Gasteiger partial charge in [-0.2, -0.15) is 0 Å². The van der Waals surface area contributed by atoms with Crippen LogP contribution in [0.1, 0.15) is 69.8 Å². The first-order chi connectivity index (χ1) is 15.2. The lowest BCUT2D eigenvalue weighted by atomic mass is 9.53. The number of esters is 1. The number of hydrogen-bond donors (Lipinski definition) is 2. The van der Waals surface area contributed by atoms with Gasteiger partial charge in [0.05, 0.1) is 13.0 Å². The lowest BCUT2D eigenvalue weighted by Gasteiger charge is -2.57. The maximum absolute atomic E-state index is 13.0. The second-order valence-electron chi connectivity index (χ2n) is 10.1. The first kappa shape index (κ1) is 22.6. The summed E-state index contributed by atoms with van der Waals surface area (Å²) in [5.74, 6) is 0.651. The predicted octanol–water partition coefficient (Wildman–Crippen LogP) is 2.85. The van der Waals surface area contributed by atoms with E-state index in [0.717, 1.165) is 19.3 Å². The zero-order valence-corrected chi connectivity index (χ0v) is 19.3. The summed E-state index contributed by atoms with van der Waals surface area (Å²) in [5, 5.41) is 5.99. The van der Waals surface area contributed by atoms with Crippen LogP contribution in [0.25, 0.3) is 0 Å². The first-order valence-electron chi connectivity index (χ1n) is 11.6. The maximum Gasteiger partial charge on any atom is 0.313 e. The molecule has 1 aromatic heterocycles. The summed E-state index contributed by atoms with van der Waals surface area (Å²) in [5.41, 5.74) is -0.218. The van der Waals surface area contributed by atoms with E-state index in [1.807, 2.05) is 0 Å². The third-order valence-corrected chi connectivity index (χ3v) is 7.14. The fourth-order valence-electron chi connectivity index (χ4n) is 6.03. The van der Waals surface area contributed by atoms with Gasteiger partial charge < -0.3 is 20.1 Å². The molecule has 2 amide bonds. The Labute approximate surface area is 188 Å². The molecule has 174 valence electrons. The summed E-state index contributed by atoms with van der Waals surface area (Å²) in [4.78, 5) is 42.2. The highest BCUT2D eigenvalue weighted by molar-refractivity contribution is 5.99. The molecule has 1 atom stereocenters. The van der Waals surface area contributed by atoms with Crippen molar-refractivity contribution in [2.24, 2.45) is 23.7 Å². The second kappa shape index (κ2) is 8.71. The fourth-order valence-corrected chi connectivity index (χ4v) is 6.03. The van der Waals surface area contributed by atoms with Crippen molar-refractivity contribution in [3.63, 3.8) is 0 Å². The Kier molecular flexibility index (Phi) is 6.14. The highest BCUT2D eigenvalue weighted by atomic mass is 16.6. The van der Waals surface area contributed by atoms with Crippen molar-refractivity contribution in [3.05, 3.63) is 18.0 Å². The van der Waals surface area contributed by atoms with Gasteiger partial charge in [0.2, 0.25) is 11.7 Å². The molecular formula is C24H33N3O5. The Morgan fingerprint density at radius 1 is 1.06 bits per heavy atom. The third-order valence-electron chi connectivity index (χ3n) is 7.14. The molecule has 2 N–H and O–H groups in total. The van der Waals surface area contributed by atoms with Crippen molar-refractivity contribution in [3.8, 4) is 11.5 Å². The number of methoxy groups -OCH3 is 1. The average molecular weight is 444 g/mol. The maximum atomic E-state index is 13.0. The molecule has 1 aromatic rings. The number of nitrogens with one attached hydrogen (secondary N) is 2. The molecule has 0 aliphatic heterocycles. The Bertz CT molecular complexity index is 878. The monoisotopic (exact) mass is 443 g/mol. The van der Waals surface area contributed by atoms with Gasteiger partial charge in [0.1, 0.15) is 6.04 Å². The van der Waals surface area contributed by atoms with Gasteiger partial charge in [0.25, 0.3) is 5.91 Å². The van der Waals surface area contributed by atoms with Crippen LogP contribution in [0.15, 0.2) is 12.3 Å². The van der Waals surface area contributed by atoms with Crippen molar-refractivity contribution in [1.29, 1.82) is 0 Å². The zero-order valence-electron chi connectivity index (χ0n) is 19.3. The summed E-state index contributed by atoms with van der Waals surface area (Å²) in [6.07, 6.45) is 8.40. The minimum atomic E-state index is -0.753. The largest absolute Gasteiger partial charge is 0.493 e. The number of carbonyl (C=O) groups excluding carboxylic acids is 3. The number of nitrogens with zero attached hydrogens (tertiary/aromatic N) is 1. The summed E-state index contributed by atoms with van der Waals surface area (Å²) < 4.78 is 10.6. The Balaban J connectivity index is 1.44. The molecule has 1 heterocycles. The Morgan fingerprint density at radius 2 is 1.66 bits per heavy atom. The van der Waals surface area contributed by atoms with E-state index in [1.54, 1.807) is 20.8 Å². The van der Waals surface area contributed by atoms with Crippen molar-refractivity contribution >= 4 is 17.8 Å². The van der Waals surface area contributed by atoms with Gasteiger partial charge in [-0.15, -0.1) is 0 Å². The number of carbonyl (C=O) groups is 3. The number of rotatable bonds is 7. The fraction of sp³-hybridized carbons (Fsp3) is 0.667. The van der Waals surface area contributed by atoms with Crippen LogP contribution < -0.4 is 20.1 Å².